The molecule has 2 atom stereocenters. The summed E-state index contributed by atoms with van der Waals surface area (Å²) in [6.07, 6.45) is 1.40. The molecular formula is C8H13NO3. The van der Waals surface area contributed by atoms with Gasteiger partial charge in [-0.2, -0.15) is 0 Å². The molecule has 0 aliphatic carbocycles. The quantitative estimate of drug-likeness (QED) is 0.584. The van der Waals surface area contributed by atoms with Crippen molar-refractivity contribution in [1.29, 1.82) is 0 Å². The van der Waals surface area contributed by atoms with Gasteiger partial charge in [0, 0.05) is 6.54 Å². The van der Waals surface area contributed by atoms with Gasteiger partial charge in [0.25, 0.3) is 0 Å². The Hall–Kier alpha value is -1.06. The maximum absolute atomic E-state index is 11.0. The Kier molecular flexibility index (Phi) is 2.68. The molecule has 0 aromatic rings. The van der Waals surface area contributed by atoms with E-state index in [0.717, 1.165) is 6.42 Å². The van der Waals surface area contributed by atoms with Crippen molar-refractivity contribution in [3.8, 4) is 0 Å². The van der Waals surface area contributed by atoms with Gasteiger partial charge < -0.3 is 10.4 Å². The van der Waals surface area contributed by atoms with Crippen LogP contribution >= 0.6 is 0 Å². The van der Waals surface area contributed by atoms with E-state index in [1.807, 2.05) is 6.92 Å². The van der Waals surface area contributed by atoms with Crippen molar-refractivity contribution in [2.45, 2.75) is 19.8 Å². The Morgan fingerprint density at radius 1 is 1.75 bits per heavy atom. The standard InChI is InChI=1S/C8H13NO3/c1-2-5-3-6(8(11)12)7(10)9-4-5/h5-6H,2-4H2,1H3,(H,9,10)(H,11,12)/t5-,6-/m0/s1. The normalized spacial score (nSPS) is 29.6. The molecule has 0 unspecified atom stereocenters. The number of amides is 1. The third-order valence-electron chi connectivity index (χ3n) is 2.33. The summed E-state index contributed by atoms with van der Waals surface area (Å²) in [5, 5.41) is 11.3. The Bertz CT molecular complexity index is 202. The van der Waals surface area contributed by atoms with Crippen LogP contribution in [-0.4, -0.2) is 23.5 Å². The van der Waals surface area contributed by atoms with Crippen LogP contribution in [0, 0.1) is 11.8 Å². The second-order valence-electron chi connectivity index (χ2n) is 3.15. The van der Waals surface area contributed by atoms with E-state index < -0.39 is 11.9 Å². The molecular weight excluding hydrogens is 158 g/mol. The Labute approximate surface area is 71.0 Å². The first-order chi connectivity index (χ1) is 5.65. The van der Waals surface area contributed by atoms with Crippen molar-refractivity contribution >= 4 is 11.9 Å². The minimum atomic E-state index is -1.01. The van der Waals surface area contributed by atoms with Crippen molar-refractivity contribution in [1.82, 2.24) is 5.32 Å². The van der Waals surface area contributed by atoms with Gasteiger partial charge >= 0.3 is 5.97 Å². The van der Waals surface area contributed by atoms with Crippen LogP contribution in [0.5, 0.6) is 0 Å². The summed E-state index contributed by atoms with van der Waals surface area (Å²) in [5.41, 5.74) is 0. The molecule has 0 aromatic carbocycles. The summed E-state index contributed by atoms with van der Waals surface area (Å²) in [5.74, 6) is -1.86. The predicted molar refractivity (Wildman–Crippen MR) is 42.5 cm³/mol. The van der Waals surface area contributed by atoms with Gasteiger partial charge in [-0.05, 0) is 12.3 Å². The first-order valence-corrected chi connectivity index (χ1v) is 4.15. The summed E-state index contributed by atoms with van der Waals surface area (Å²) < 4.78 is 0. The van der Waals surface area contributed by atoms with Crippen LogP contribution in [0.25, 0.3) is 0 Å². The van der Waals surface area contributed by atoms with Gasteiger partial charge in [-0.25, -0.2) is 0 Å². The Morgan fingerprint density at radius 3 is 2.92 bits per heavy atom. The number of hydrogen-bond donors (Lipinski definition) is 2. The number of rotatable bonds is 2. The van der Waals surface area contributed by atoms with E-state index in [2.05, 4.69) is 5.32 Å². The fourth-order valence-corrected chi connectivity index (χ4v) is 1.42. The van der Waals surface area contributed by atoms with E-state index in [9.17, 15) is 9.59 Å². The molecule has 1 rings (SSSR count). The number of carboxylic acid groups (broad SMARTS) is 1. The summed E-state index contributed by atoms with van der Waals surface area (Å²) in [7, 11) is 0. The third kappa shape index (κ3) is 1.75. The minimum absolute atomic E-state index is 0.323. The molecule has 0 bridgehead atoms. The molecule has 4 nitrogen and oxygen atoms in total. The van der Waals surface area contributed by atoms with Gasteiger partial charge in [-0.15, -0.1) is 0 Å². The van der Waals surface area contributed by atoms with Crippen LogP contribution in [0.1, 0.15) is 19.8 Å². The second kappa shape index (κ2) is 3.56. The summed E-state index contributed by atoms with van der Waals surface area (Å²) >= 11 is 0. The van der Waals surface area contributed by atoms with E-state index >= 15 is 0 Å². The maximum atomic E-state index is 11.0. The van der Waals surface area contributed by atoms with Crippen LogP contribution in [0.3, 0.4) is 0 Å². The molecule has 1 heterocycles. The van der Waals surface area contributed by atoms with Gasteiger partial charge in [0.1, 0.15) is 5.92 Å². The van der Waals surface area contributed by atoms with Gasteiger partial charge in [0.05, 0.1) is 0 Å². The first-order valence-electron chi connectivity index (χ1n) is 4.15. The molecule has 1 aliphatic heterocycles. The predicted octanol–water partition coefficient (Wildman–Crippen LogP) is 0.233. The third-order valence-corrected chi connectivity index (χ3v) is 2.33. The molecule has 2 N–H and O–H groups in total. The maximum Gasteiger partial charge on any atom is 0.316 e. The molecule has 0 radical (unpaired) electrons. The number of carbonyl (C=O) groups is 2. The van der Waals surface area contributed by atoms with E-state index in [4.69, 9.17) is 5.11 Å². The van der Waals surface area contributed by atoms with Gasteiger partial charge in [0.15, 0.2) is 0 Å². The summed E-state index contributed by atoms with van der Waals surface area (Å²) in [6, 6.07) is 0. The monoisotopic (exact) mass is 171 g/mol. The van der Waals surface area contributed by atoms with Gasteiger partial charge in [-0.1, -0.05) is 13.3 Å². The van der Waals surface area contributed by atoms with Crippen molar-refractivity contribution in [2.75, 3.05) is 6.54 Å². The SMILES string of the molecule is CC[C@@H]1CNC(=O)[C@@H](C(=O)O)C1. The van der Waals surface area contributed by atoms with E-state index in [1.165, 1.54) is 0 Å². The lowest BCUT2D eigenvalue weighted by molar-refractivity contribution is -0.149. The zero-order valence-electron chi connectivity index (χ0n) is 7.04. The second-order valence-corrected chi connectivity index (χ2v) is 3.15. The van der Waals surface area contributed by atoms with Crippen LogP contribution in [0.2, 0.25) is 0 Å². The molecule has 0 aromatic heterocycles. The van der Waals surface area contributed by atoms with Crippen molar-refractivity contribution in [3.63, 3.8) is 0 Å². The Morgan fingerprint density at radius 2 is 2.42 bits per heavy atom. The van der Waals surface area contributed by atoms with Crippen LogP contribution in [-0.2, 0) is 9.59 Å². The summed E-state index contributed by atoms with van der Waals surface area (Å²) in [6.45, 7) is 2.63. The van der Waals surface area contributed by atoms with Crippen LogP contribution in [0.4, 0.5) is 0 Å². The highest BCUT2D eigenvalue weighted by Gasteiger charge is 2.32. The molecule has 1 aliphatic rings. The molecule has 0 saturated carbocycles. The van der Waals surface area contributed by atoms with E-state index in [0.29, 0.717) is 18.9 Å². The zero-order valence-corrected chi connectivity index (χ0v) is 7.04. The topological polar surface area (TPSA) is 66.4 Å². The minimum Gasteiger partial charge on any atom is -0.481 e. The lowest BCUT2D eigenvalue weighted by Crippen LogP contribution is -2.44. The highest BCUT2D eigenvalue weighted by molar-refractivity contribution is 5.97. The first kappa shape index (κ1) is 9.03. The average molecular weight is 171 g/mol. The molecule has 1 fully saturated rings. The lowest BCUT2D eigenvalue weighted by atomic mass is 9.88. The zero-order chi connectivity index (χ0) is 9.14. The molecule has 68 valence electrons. The molecule has 0 spiro atoms. The number of piperidine rings is 1. The van der Waals surface area contributed by atoms with Gasteiger partial charge in [0.2, 0.25) is 5.91 Å². The fraction of sp³-hybridized carbons (Fsp3) is 0.750. The lowest BCUT2D eigenvalue weighted by Gasteiger charge is -2.25. The smallest absolute Gasteiger partial charge is 0.316 e. The van der Waals surface area contributed by atoms with Crippen molar-refractivity contribution in [3.05, 3.63) is 0 Å². The van der Waals surface area contributed by atoms with Crippen LogP contribution in [0.15, 0.2) is 0 Å². The number of carboxylic acids is 1. The molecule has 12 heavy (non-hydrogen) atoms. The van der Waals surface area contributed by atoms with E-state index in [-0.39, 0.29) is 5.91 Å². The Balaban J connectivity index is 2.59. The number of carbonyl (C=O) groups excluding carboxylic acids is 1. The van der Waals surface area contributed by atoms with Crippen molar-refractivity contribution in [2.24, 2.45) is 11.8 Å². The molecule has 4 heteroatoms. The number of nitrogens with one attached hydrogen (secondary N) is 1. The fourth-order valence-electron chi connectivity index (χ4n) is 1.42. The highest BCUT2D eigenvalue weighted by Crippen LogP contribution is 2.19. The van der Waals surface area contributed by atoms with Gasteiger partial charge in [-0.3, -0.25) is 9.59 Å². The highest BCUT2D eigenvalue weighted by atomic mass is 16.4. The largest absolute Gasteiger partial charge is 0.481 e. The summed E-state index contributed by atoms with van der Waals surface area (Å²) in [4.78, 5) is 21.6. The van der Waals surface area contributed by atoms with Crippen molar-refractivity contribution < 1.29 is 14.7 Å². The number of hydrogen-bond acceptors (Lipinski definition) is 2. The molecule has 1 amide bonds. The molecule has 1 saturated heterocycles. The van der Waals surface area contributed by atoms with E-state index in [1.54, 1.807) is 0 Å². The van der Waals surface area contributed by atoms with Crippen LogP contribution < -0.4 is 5.32 Å². The average Bonchev–Trinajstić information content (AvgIpc) is 2.05. The number of aliphatic carboxylic acids is 1.